The zero-order valence-electron chi connectivity index (χ0n) is 48.7. The summed E-state index contributed by atoms with van der Waals surface area (Å²) in [4.78, 5) is 40.5. The van der Waals surface area contributed by atoms with Gasteiger partial charge < -0.3 is 38.9 Å². The van der Waals surface area contributed by atoms with Crippen molar-refractivity contribution in [2.75, 3.05) is 65.4 Å². The molecule has 4 aliphatic heterocycles. The summed E-state index contributed by atoms with van der Waals surface area (Å²) in [6.45, 7) is 25.5. The fraction of sp³-hybridized carbons (Fsp3) is 0.574. The molecule has 4 saturated heterocycles. The summed E-state index contributed by atoms with van der Waals surface area (Å²) in [5.41, 5.74) is 3.48. The molecule has 442 valence electrons. The number of piperazine rings is 2. The monoisotopic (exact) mass is 1130 g/mol. The normalized spacial score (nSPS) is 21.1. The van der Waals surface area contributed by atoms with E-state index in [0.717, 1.165) is 74.1 Å². The number of rotatable bonds is 14. The molecule has 0 saturated carbocycles. The Balaban J connectivity index is 0.000000234. The highest BCUT2D eigenvalue weighted by Gasteiger charge is 2.44. The van der Waals surface area contributed by atoms with Gasteiger partial charge in [0.1, 0.15) is 11.5 Å². The Morgan fingerprint density at radius 1 is 0.531 bits per heavy atom. The van der Waals surface area contributed by atoms with Crippen molar-refractivity contribution in [3.63, 3.8) is 0 Å². The maximum absolute atomic E-state index is 14.0. The number of halogens is 6. The lowest BCUT2D eigenvalue weighted by Gasteiger charge is -2.50. The van der Waals surface area contributed by atoms with Gasteiger partial charge in [-0.25, -0.2) is 0 Å². The minimum absolute atomic E-state index is 0.0228. The predicted octanol–water partition coefficient (Wildman–Crippen LogP) is 11.1. The van der Waals surface area contributed by atoms with Crippen LogP contribution >= 0.6 is 0 Å². The Morgan fingerprint density at radius 2 is 0.889 bits per heavy atom. The van der Waals surface area contributed by atoms with E-state index in [1.807, 2.05) is 65.5 Å². The molecule has 12 nitrogen and oxygen atoms in total. The highest BCUT2D eigenvalue weighted by molar-refractivity contribution is 6.45. The molecule has 2 N–H and O–H groups in total. The summed E-state index contributed by atoms with van der Waals surface area (Å²) in [7, 11) is -0.924. The SMILES string of the molecule is CB(O)N1CCC(C(C)C(=O)N2CCN(C(c3ccccc3)c3ccc(OC(F)(F)F)cc3)C[C@@H]2C(C)(C)C)CC1.CB(O)N1CCC(CC(=O)N2CCN(C(c3ccccc3)c3ccc(OC(F)(F)F)cc3)C[C@@H]2C(C)(C)C)CC1. The van der Waals surface area contributed by atoms with Gasteiger partial charge in [0.15, 0.2) is 0 Å². The number of ether oxygens (including phenoxy) is 2. The fourth-order valence-corrected chi connectivity index (χ4v) is 12.5. The summed E-state index contributed by atoms with van der Waals surface area (Å²) in [5.74, 6) is 0.370. The third-order valence-corrected chi connectivity index (χ3v) is 17.1. The summed E-state index contributed by atoms with van der Waals surface area (Å²) in [6.07, 6.45) is -5.37. The first-order valence-corrected chi connectivity index (χ1v) is 28.8. The molecule has 4 aromatic rings. The summed E-state index contributed by atoms with van der Waals surface area (Å²) in [6, 6.07) is 31.7. The van der Waals surface area contributed by atoms with Crippen LogP contribution in [-0.2, 0) is 9.59 Å². The average molecular weight is 1130 g/mol. The van der Waals surface area contributed by atoms with Crippen molar-refractivity contribution >= 4 is 25.9 Å². The van der Waals surface area contributed by atoms with Crippen LogP contribution in [0, 0.1) is 28.6 Å². The van der Waals surface area contributed by atoms with E-state index < -0.39 is 26.8 Å². The molecule has 0 aliphatic carbocycles. The van der Waals surface area contributed by atoms with E-state index in [4.69, 9.17) is 0 Å². The molecule has 4 aromatic carbocycles. The minimum atomic E-state index is -4.74. The van der Waals surface area contributed by atoms with Crippen molar-refractivity contribution in [1.82, 2.24) is 29.2 Å². The molecule has 3 unspecified atom stereocenters. The van der Waals surface area contributed by atoms with Crippen LogP contribution in [0.4, 0.5) is 26.3 Å². The van der Waals surface area contributed by atoms with Gasteiger partial charge in [0, 0.05) is 63.7 Å². The number of hydrogen-bond acceptors (Lipinski definition) is 10. The molecule has 81 heavy (non-hydrogen) atoms. The number of piperidine rings is 2. The van der Waals surface area contributed by atoms with Crippen LogP contribution in [0.3, 0.4) is 0 Å². The molecule has 4 heterocycles. The van der Waals surface area contributed by atoms with Crippen molar-refractivity contribution in [3.05, 3.63) is 131 Å². The minimum Gasteiger partial charge on any atom is -0.437 e. The first-order valence-electron chi connectivity index (χ1n) is 28.8. The lowest BCUT2D eigenvalue weighted by Crippen LogP contribution is -2.61. The Morgan fingerprint density at radius 3 is 1.26 bits per heavy atom. The molecule has 2 amide bonds. The van der Waals surface area contributed by atoms with Crippen LogP contribution in [0.1, 0.15) is 115 Å². The van der Waals surface area contributed by atoms with E-state index in [9.17, 15) is 46.0 Å². The van der Waals surface area contributed by atoms with E-state index in [2.05, 4.69) is 82.4 Å². The van der Waals surface area contributed by atoms with Crippen molar-refractivity contribution in [2.45, 2.75) is 131 Å². The number of carbonyl (C=O) groups excluding carboxylic acids is 2. The molecule has 0 radical (unpaired) electrons. The standard InChI is InChI=1S/C31H43BF3N3O3.C30H41BF3N3O3/c1-22(23-15-17-37(18-16-23)32(5)40)29(39)38-20-19-36(21-27(38)30(2,3)4)28(24-9-7-6-8-10-24)25-11-13-26(14-12-25)41-31(33,34)35;1-29(2,3)26-21-35(18-19-37(26)27(38)20-22-14-16-36(17-15-22)31(4)39)28(23-8-6-5-7-9-23)24-10-12-25(13-11-24)40-30(32,33)34/h6-14,22-23,27-28,40H,15-21H2,1-5H3;5-13,22,26,28,39H,14-21H2,1-4H3/t22?,27-,28?;26-,28?/m11/s1. The van der Waals surface area contributed by atoms with E-state index >= 15 is 0 Å². The number of amides is 2. The van der Waals surface area contributed by atoms with E-state index in [0.29, 0.717) is 51.6 Å². The maximum atomic E-state index is 14.0. The number of hydrogen-bond donors (Lipinski definition) is 2. The van der Waals surface area contributed by atoms with E-state index in [-0.39, 0.29) is 70.1 Å². The van der Waals surface area contributed by atoms with Gasteiger partial charge in [-0.2, -0.15) is 0 Å². The van der Waals surface area contributed by atoms with Crippen LogP contribution in [0.2, 0.25) is 13.6 Å². The number of nitrogens with zero attached hydrogens (tertiary/aromatic N) is 6. The second kappa shape index (κ2) is 27.1. The van der Waals surface area contributed by atoms with Crippen LogP contribution in [0.15, 0.2) is 109 Å². The lowest BCUT2D eigenvalue weighted by atomic mass is 9.77. The summed E-state index contributed by atoms with van der Waals surface area (Å²) >= 11 is 0. The van der Waals surface area contributed by atoms with Gasteiger partial charge in [-0.1, -0.05) is 133 Å². The van der Waals surface area contributed by atoms with Crippen LogP contribution in [0.5, 0.6) is 11.5 Å². The Kier molecular flexibility index (Phi) is 21.2. The molecule has 0 bridgehead atoms. The molecular formula is C61H84B2F6N6O6. The fourth-order valence-electron chi connectivity index (χ4n) is 12.5. The van der Waals surface area contributed by atoms with Crippen LogP contribution in [-0.4, -0.2) is 155 Å². The molecule has 4 fully saturated rings. The number of carbonyl (C=O) groups is 2. The van der Waals surface area contributed by atoms with Gasteiger partial charge in [-0.05, 0) is 135 Å². The Labute approximate surface area is 477 Å². The van der Waals surface area contributed by atoms with Crippen molar-refractivity contribution in [2.24, 2.45) is 28.6 Å². The predicted molar refractivity (Wildman–Crippen MR) is 306 cm³/mol. The molecular weight excluding hydrogens is 1050 g/mol. The van der Waals surface area contributed by atoms with E-state index in [1.165, 1.54) is 24.3 Å². The molecule has 0 spiro atoms. The zero-order valence-corrected chi connectivity index (χ0v) is 48.7. The highest BCUT2D eigenvalue weighted by atomic mass is 19.4. The third-order valence-electron chi connectivity index (χ3n) is 17.1. The second-order valence-corrected chi connectivity index (χ2v) is 24.8. The van der Waals surface area contributed by atoms with Gasteiger partial charge in [0.25, 0.3) is 0 Å². The van der Waals surface area contributed by atoms with Gasteiger partial charge >= 0.3 is 26.8 Å². The van der Waals surface area contributed by atoms with Crippen molar-refractivity contribution in [1.29, 1.82) is 0 Å². The third kappa shape index (κ3) is 17.5. The Bertz CT molecular complexity index is 2590. The highest BCUT2D eigenvalue weighted by Crippen LogP contribution is 2.40. The quantitative estimate of drug-likeness (QED) is 0.0935. The topological polar surface area (TPSA) is 112 Å². The first kappa shape index (κ1) is 63.5. The average Bonchev–Trinajstić information content (AvgIpc) is 3.47. The molecule has 5 atom stereocenters. The van der Waals surface area contributed by atoms with Crippen molar-refractivity contribution in [3.8, 4) is 11.5 Å². The Hall–Kier alpha value is -5.11. The van der Waals surface area contributed by atoms with Crippen molar-refractivity contribution < 1.29 is 55.5 Å². The second-order valence-electron chi connectivity index (χ2n) is 24.8. The maximum Gasteiger partial charge on any atom is 0.573 e. The summed E-state index contributed by atoms with van der Waals surface area (Å²) < 4.78 is 84.7. The largest absolute Gasteiger partial charge is 0.573 e. The number of alkyl halides is 6. The van der Waals surface area contributed by atoms with Crippen LogP contribution < -0.4 is 9.47 Å². The summed E-state index contributed by atoms with van der Waals surface area (Å²) in [5, 5.41) is 19.8. The number of benzene rings is 4. The molecule has 0 aromatic heterocycles. The molecule has 20 heteroatoms. The van der Waals surface area contributed by atoms with Gasteiger partial charge in [-0.15, -0.1) is 26.3 Å². The van der Waals surface area contributed by atoms with Crippen LogP contribution in [0.25, 0.3) is 0 Å². The molecule has 4 aliphatic rings. The zero-order chi connectivity index (χ0) is 59.0. The smallest absolute Gasteiger partial charge is 0.437 e. The van der Waals surface area contributed by atoms with Gasteiger partial charge in [0.05, 0.1) is 12.1 Å². The van der Waals surface area contributed by atoms with E-state index in [1.54, 1.807) is 37.9 Å². The van der Waals surface area contributed by atoms with Gasteiger partial charge in [0.2, 0.25) is 11.8 Å². The first-order chi connectivity index (χ1) is 38.1. The van der Waals surface area contributed by atoms with Gasteiger partial charge in [-0.3, -0.25) is 19.4 Å². The molecule has 8 rings (SSSR count). The lowest BCUT2D eigenvalue weighted by molar-refractivity contribution is -0.275.